The lowest BCUT2D eigenvalue weighted by molar-refractivity contribution is 0.475. The van der Waals surface area contributed by atoms with Crippen LogP contribution in [-0.2, 0) is 6.67 Å². The minimum absolute atomic E-state index is 0.462. The summed E-state index contributed by atoms with van der Waals surface area (Å²) in [6.45, 7) is -0.501. The molecule has 0 N–H and O–H groups in total. The minimum atomic E-state index is -0.501. The van der Waals surface area contributed by atoms with Gasteiger partial charge in [0.05, 0.1) is 5.69 Å². The Balaban J connectivity index is 2.94. The summed E-state index contributed by atoms with van der Waals surface area (Å²) in [6.07, 6.45) is 0. The predicted molar refractivity (Wildman–Crippen MR) is 36.7 cm³/mol. The average molecular weight is 190 g/mol. The second kappa shape index (κ2) is 2.92. The largest absolute Gasteiger partial charge is 0.244 e. The van der Waals surface area contributed by atoms with Gasteiger partial charge in [0.1, 0.15) is 11.3 Å². The third kappa shape index (κ3) is 1.75. The van der Waals surface area contributed by atoms with Gasteiger partial charge in [-0.25, -0.2) is 9.37 Å². The first-order valence-corrected chi connectivity index (χ1v) is 3.29. The van der Waals surface area contributed by atoms with Gasteiger partial charge in [0.25, 0.3) is 0 Å². The fraction of sp³-hybridized carbons (Fsp3) is 0.167. The zero-order chi connectivity index (χ0) is 6.69. The van der Waals surface area contributed by atoms with Crippen molar-refractivity contribution in [1.29, 1.82) is 0 Å². The van der Waals surface area contributed by atoms with E-state index >= 15 is 0 Å². The lowest BCUT2D eigenvalue weighted by Gasteiger charge is -1.91. The first-order valence-electron chi connectivity index (χ1n) is 2.50. The van der Waals surface area contributed by atoms with E-state index in [9.17, 15) is 4.39 Å². The monoisotopic (exact) mass is 189 g/mol. The van der Waals surface area contributed by atoms with Gasteiger partial charge in [-0.2, -0.15) is 0 Å². The van der Waals surface area contributed by atoms with E-state index in [1.807, 2.05) is 0 Å². The molecule has 0 spiro atoms. The molecule has 0 bridgehead atoms. The average Bonchev–Trinajstić information content (AvgIpc) is 1.88. The maximum atomic E-state index is 11.8. The maximum absolute atomic E-state index is 11.8. The summed E-state index contributed by atoms with van der Waals surface area (Å²) >= 11 is 3.13. The smallest absolute Gasteiger partial charge is 0.131 e. The van der Waals surface area contributed by atoms with Crippen molar-refractivity contribution in [3.8, 4) is 0 Å². The van der Waals surface area contributed by atoms with E-state index in [0.717, 1.165) is 0 Å². The first kappa shape index (κ1) is 6.68. The molecule has 0 fully saturated rings. The second-order valence-electron chi connectivity index (χ2n) is 1.59. The van der Waals surface area contributed by atoms with E-state index in [4.69, 9.17) is 0 Å². The van der Waals surface area contributed by atoms with Crippen LogP contribution in [0.4, 0.5) is 4.39 Å². The Morgan fingerprint density at radius 3 is 2.78 bits per heavy atom. The number of aromatic nitrogens is 1. The zero-order valence-electron chi connectivity index (χ0n) is 4.64. The standard InChI is InChI=1S/C6H5BrFN/c7-6-3-1-2-5(4-8)9-6/h1-3H,4H2. The zero-order valence-corrected chi connectivity index (χ0v) is 6.23. The van der Waals surface area contributed by atoms with Crippen molar-refractivity contribution in [2.45, 2.75) is 6.67 Å². The van der Waals surface area contributed by atoms with Crippen LogP contribution in [-0.4, -0.2) is 4.98 Å². The normalized spacial score (nSPS) is 9.56. The van der Waals surface area contributed by atoms with Crippen LogP contribution in [0.1, 0.15) is 5.69 Å². The second-order valence-corrected chi connectivity index (χ2v) is 2.40. The van der Waals surface area contributed by atoms with Crippen LogP contribution >= 0.6 is 15.9 Å². The summed E-state index contributed by atoms with van der Waals surface area (Å²) in [5.41, 5.74) is 0.462. The van der Waals surface area contributed by atoms with Crippen molar-refractivity contribution >= 4 is 15.9 Å². The van der Waals surface area contributed by atoms with Crippen LogP contribution in [0.3, 0.4) is 0 Å². The van der Waals surface area contributed by atoms with E-state index in [-0.39, 0.29) is 0 Å². The van der Waals surface area contributed by atoms with Gasteiger partial charge in [-0.3, -0.25) is 0 Å². The van der Waals surface area contributed by atoms with Gasteiger partial charge in [-0.05, 0) is 28.1 Å². The molecule has 0 saturated heterocycles. The van der Waals surface area contributed by atoms with Crippen LogP contribution in [0.2, 0.25) is 0 Å². The molecular formula is C6H5BrFN. The summed E-state index contributed by atoms with van der Waals surface area (Å²) in [5.74, 6) is 0. The molecule has 48 valence electrons. The Kier molecular flexibility index (Phi) is 2.16. The SMILES string of the molecule is FCc1cccc(Br)n1. The fourth-order valence-electron chi connectivity index (χ4n) is 0.525. The minimum Gasteiger partial charge on any atom is -0.244 e. The van der Waals surface area contributed by atoms with Crippen LogP contribution in [0.5, 0.6) is 0 Å². The molecule has 1 aromatic heterocycles. The van der Waals surface area contributed by atoms with E-state index in [1.54, 1.807) is 18.2 Å². The molecule has 0 amide bonds. The van der Waals surface area contributed by atoms with Gasteiger partial charge in [0.2, 0.25) is 0 Å². The summed E-state index contributed by atoms with van der Waals surface area (Å²) < 4.78 is 12.5. The Hall–Kier alpha value is -0.440. The molecule has 0 aliphatic carbocycles. The molecule has 1 heterocycles. The molecule has 0 aromatic carbocycles. The van der Waals surface area contributed by atoms with Crippen molar-refractivity contribution < 1.29 is 4.39 Å². The van der Waals surface area contributed by atoms with Gasteiger partial charge in [-0.1, -0.05) is 6.07 Å². The number of hydrogen-bond donors (Lipinski definition) is 0. The van der Waals surface area contributed by atoms with Crippen molar-refractivity contribution in [2.24, 2.45) is 0 Å². The van der Waals surface area contributed by atoms with Crippen molar-refractivity contribution in [3.63, 3.8) is 0 Å². The lowest BCUT2D eigenvalue weighted by Crippen LogP contribution is -1.83. The predicted octanol–water partition coefficient (Wildman–Crippen LogP) is 2.31. The lowest BCUT2D eigenvalue weighted by atomic mass is 10.4. The molecule has 3 heteroatoms. The number of alkyl halides is 1. The Morgan fingerprint density at radius 1 is 1.56 bits per heavy atom. The van der Waals surface area contributed by atoms with Gasteiger partial charge < -0.3 is 0 Å². The van der Waals surface area contributed by atoms with Crippen LogP contribution < -0.4 is 0 Å². The third-order valence-electron chi connectivity index (χ3n) is 0.910. The van der Waals surface area contributed by atoms with Crippen LogP contribution in [0, 0.1) is 0 Å². The molecule has 0 atom stereocenters. The molecule has 1 nitrogen and oxygen atoms in total. The van der Waals surface area contributed by atoms with E-state index in [0.29, 0.717) is 10.3 Å². The molecule has 0 unspecified atom stereocenters. The van der Waals surface area contributed by atoms with Gasteiger partial charge >= 0.3 is 0 Å². The van der Waals surface area contributed by atoms with Crippen LogP contribution in [0.25, 0.3) is 0 Å². The van der Waals surface area contributed by atoms with Crippen molar-refractivity contribution in [1.82, 2.24) is 4.98 Å². The van der Waals surface area contributed by atoms with E-state index in [1.165, 1.54) is 0 Å². The van der Waals surface area contributed by atoms with Crippen molar-refractivity contribution in [3.05, 3.63) is 28.5 Å². The topological polar surface area (TPSA) is 12.9 Å². The number of nitrogens with zero attached hydrogens (tertiary/aromatic N) is 1. The molecule has 0 radical (unpaired) electrons. The molecule has 0 aliphatic heterocycles. The molecule has 1 aromatic rings. The Morgan fingerprint density at radius 2 is 2.33 bits per heavy atom. The number of pyridine rings is 1. The summed E-state index contributed by atoms with van der Waals surface area (Å²) in [7, 11) is 0. The van der Waals surface area contributed by atoms with E-state index in [2.05, 4.69) is 20.9 Å². The highest BCUT2D eigenvalue weighted by Crippen LogP contribution is 2.06. The number of rotatable bonds is 1. The van der Waals surface area contributed by atoms with Crippen LogP contribution in [0.15, 0.2) is 22.8 Å². The first-order chi connectivity index (χ1) is 4.33. The van der Waals surface area contributed by atoms with Gasteiger partial charge in [0, 0.05) is 0 Å². The maximum Gasteiger partial charge on any atom is 0.131 e. The number of halogens is 2. The van der Waals surface area contributed by atoms with Gasteiger partial charge in [0.15, 0.2) is 0 Å². The van der Waals surface area contributed by atoms with E-state index < -0.39 is 6.67 Å². The third-order valence-corrected chi connectivity index (χ3v) is 1.35. The van der Waals surface area contributed by atoms with Crippen molar-refractivity contribution in [2.75, 3.05) is 0 Å². The highest BCUT2D eigenvalue weighted by Gasteiger charge is 1.91. The summed E-state index contributed by atoms with van der Waals surface area (Å²) in [6, 6.07) is 5.16. The quantitative estimate of drug-likeness (QED) is 0.619. The van der Waals surface area contributed by atoms with Gasteiger partial charge in [-0.15, -0.1) is 0 Å². The molecule has 1 rings (SSSR count). The molecule has 9 heavy (non-hydrogen) atoms. The molecule has 0 aliphatic rings. The highest BCUT2D eigenvalue weighted by molar-refractivity contribution is 9.10. The Bertz CT molecular complexity index is 202. The Labute approximate surface area is 61.0 Å². The summed E-state index contributed by atoms with van der Waals surface area (Å²) in [5, 5.41) is 0. The highest BCUT2D eigenvalue weighted by atomic mass is 79.9. The fourth-order valence-corrected chi connectivity index (χ4v) is 0.905. The summed E-state index contributed by atoms with van der Waals surface area (Å²) in [4.78, 5) is 3.83. The number of hydrogen-bond acceptors (Lipinski definition) is 1. The molecular weight excluding hydrogens is 185 g/mol. The molecule has 0 saturated carbocycles.